The minimum Gasteiger partial charge on any atom is -0.453 e. The summed E-state index contributed by atoms with van der Waals surface area (Å²) in [6.07, 6.45) is 8.57. The summed E-state index contributed by atoms with van der Waals surface area (Å²) in [6.45, 7) is 7.64. The molecule has 2 heterocycles. The average Bonchev–Trinajstić information content (AvgIpc) is 2.73. The summed E-state index contributed by atoms with van der Waals surface area (Å²) in [5.74, 6) is 1.65. The van der Waals surface area contributed by atoms with Crippen LogP contribution in [0.3, 0.4) is 0 Å². The Morgan fingerprint density at radius 3 is 1.35 bits per heavy atom. The normalized spacial score (nSPS) is 21.8. The summed E-state index contributed by atoms with van der Waals surface area (Å²) in [6, 6.07) is 20.1. The van der Waals surface area contributed by atoms with Crippen LogP contribution in [-0.2, 0) is 18.9 Å². The van der Waals surface area contributed by atoms with E-state index in [1.807, 2.05) is 113 Å². The highest BCUT2D eigenvalue weighted by Gasteiger charge is 2.30. The van der Waals surface area contributed by atoms with E-state index >= 15 is 0 Å². The minimum atomic E-state index is -0.740. The molecule has 0 fully saturated rings. The van der Waals surface area contributed by atoms with Crippen molar-refractivity contribution in [2.45, 2.75) is 45.7 Å². The zero-order valence-corrected chi connectivity index (χ0v) is 18.4. The average molecular weight is 417 g/mol. The molecule has 0 spiro atoms. The molecule has 160 valence electrons. The monoisotopic (exact) mass is 416 g/mol. The van der Waals surface area contributed by atoms with Crippen molar-refractivity contribution in [1.29, 1.82) is 0 Å². The fraction of sp³-hybridized carbons (Fsp3) is 0.259. The molecule has 4 heteroatoms. The maximum absolute atomic E-state index is 6.01. The molecule has 2 aromatic carbocycles. The van der Waals surface area contributed by atoms with Crippen LogP contribution in [-0.4, -0.2) is 11.6 Å². The van der Waals surface area contributed by atoms with Gasteiger partial charge in [0, 0.05) is 51.0 Å². The zero-order valence-electron chi connectivity index (χ0n) is 18.4. The number of benzene rings is 2. The predicted molar refractivity (Wildman–Crippen MR) is 122 cm³/mol. The van der Waals surface area contributed by atoms with E-state index in [1.165, 1.54) is 0 Å². The van der Waals surface area contributed by atoms with Crippen LogP contribution in [0, 0.1) is 0 Å². The maximum Gasteiger partial charge on any atom is 0.245 e. The lowest BCUT2D eigenvalue weighted by molar-refractivity contribution is -0.149. The number of allylic oxidation sites excluding steroid dienone is 4. The Bertz CT molecular complexity index is 956. The number of rotatable bonds is 4. The predicted octanol–water partition coefficient (Wildman–Crippen LogP) is 6.79. The molecule has 0 aliphatic carbocycles. The molecular formula is C27H28O4. The third-order valence-corrected chi connectivity index (χ3v) is 4.74. The first-order chi connectivity index (χ1) is 14.8. The summed E-state index contributed by atoms with van der Waals surface area (Å²) in [4.78, 5) is 0. The largest absolute Gasteiger partial charge is 0.453 e. The van der Waals surface area contributed by atoms with E-state index < -0.39 is 11.6 Å². The molecule has 0 atom stereocenters. The lowest BCUT2D eigenvalue weighted by Crippen LogP contribution is -2.30. The van der Waals surface area contributed by atoms with Crippen LogP contribution < -0.4 is 0 Å². The fourth-order valence-electron chi connectivity index (χ4n) is 3.50. The SMILES string of the molecule is CC1(C)OC(c2ccccc2)=C/C(=C/C/C=C2/C=C(c3ccccc3)OC(C)(C)O2)O1. The van der Waals surface area contributed by atoms with Crippen LogP contribution in [0.1, 0.15) is 45.2 Å². The maximum atomic E-state index is 6.01. The smallest absolute Gasteiger partial charge is 0.245 e. The first-order valence-electron chi connectivity index (χ1n) is 10.5. The Hall–Kier alpha value is -3.40. The quantitative estimate of drug-likeness (QED) is 0.550. The summed E-state index contributed by atoms with van der Waals surface area (Å²) >= 11 is 0. The van der Waals surface area contributed by atoms with Gasteiger partial charge >= 0.3 is 0 Å². The molecule has 0 saturated carbocycles. The van der Waals surface area contributed by atoms with Crippen molar-refractivity contribution in [2.24, 2.45) is 0 Å². The summed E-state index contributed by atoms with van der Waals surface area (Å²) in [7, 11) is 0. The van der Waals surface area contributed by atoms with Crippen molar-refractivity contribution < 1.29 is 18.9 Å². The van der Waals surface area contributed by atoms with E-state index in [9.17, 15) is 0 Å². The molecule has 0 radical (unpaired) electrons. The van der Waals surface area contributed by atoms with Gasteiger partial charge in [0.1, 0.15) is 23.0 Å². The van der Waals surface area contributed by atoms with E-state index in [2.05, 4.69) is 0 Å². The summed E-state index contributed by atoms with van der Waals surface area (Å²) < 4.78 is 24.0. The Kier molecular flexibility index (Phi) is 5.64. The fourth-order valence-corrected chi connectivity index (χ4v) is 3.50. The molecule has 0 bridgehead atoms. The standard InChI is InChI=1S/C27H28O4/c1-26(2)28-22(18-24(30-26)20-12-7-5-8-13-20)16-11-17-23-19-25(31-27(3,4)29-23)21-14-9-6-10-15-21/h5-10,12-19H,11H2,1-4H3/b22-16-,23-17-. The minimum absolute atomic E-state index is 0.647. The molecular weight excluding hydrogens is 388 g/mol. The second-order valence-electron chi connectivity index (χ2n) is 8.41. The van der Waals surface area contributed by atoms with Gasteiger partial charge in [-0.2, -0.15) is 0 Å². The third-order valence-electron chi connectivity index (χ3n) is 4.74. The van der Waals surface area contributed by atoms with Crippen LogP contribution in [0.5, 0.6) is 0 Å². The van der Waals surface area contributed by atoms with E-state index in [0.717, 1.165) is 34.2 Å². The van der Waals surface area contributed by atoms with Gasteiger partial charge in [-0.15, -0.1) is 0 Å². The van der Waals surface area contributed by atoms with Gasteiger partial charge in [0.15, 0.2) is 0 Å². The molecule has 0 saturated heterocycles. The van der Waals surface area contributed by atoms with E-state index in [-0.39, 0.29) is 0 Å². The molecule has 0 unspecified atom stereocenters. The molecule has 4 rings (SSSR count). The second-order valence-corrected chi connectivity index (χ2v) is 8.41. The molecule has 2 aromatic rings. The topological polar surface area (TPSA) is 36.9 Å². The Morgan fingerprint density at radius 1 is 0.581 bits per heavy atom. The number of hydrogen-bond acceptors (Lipinski definition) is 4. The van der Waals surface area contributed by atoms with Gasteiger partial charge in [0.2, 0.25) is 11.6 Å². The van der Waals surface area contributed by atoms with Crippen molar-refractivity contribution in [3.05, 3.63) is 108 Å². The highest BCUT2D eigenvalue weighted by atomic mass is 16.7. The molecule has 2 aliphatic heterocycles. The van der Waals surface area contributed by atoms with E-state index in [4.69, 9.17) is 18.9 Å². The zero-order chi connectivity index (χ0) is 21.9. The highest BCUT2D eigenvalue weighted by Crippen LogP contribution is 2.34. The highest BCUT2D eigenvalue weighted by molar-refractivity contribution is 5.64. The molecule has 2 aliphatic rings. The molecule has 31 heavy (non-hydrogen) atoms. The summed E-state index contributed by atoms with van der Waals surface area (Å²) in [5, 5.41) is 0. The third kappa shape index (κ3) is 5.40. The first-order valence-corrected chi connectivity index (χ1v) is 10.5. The second kappa shape index (κ2) is 8.38. The first kappa shape index (κ1) is 20.9. The van der Waals surface area contributed by atoms with Crippen molar-refractivity contribution in [1.82, 2.24) is 0 Å². The van der Waals surface area contributed by atoms with Crippen LogP contribution in [0.25, 0.3) is 11.5 Å². The molecule has 0 aromatic heterocycles. The Morgan fingerprint density at radius 2 is 0.968 bits per heavy atom. The Labute approximate surface area is 184 Å². The van der Waals surface area contributed by atoms with Crippen LogP contribution in [0.4, 0.5) is 0 Å². The molecule has 4 nitrogen and oxygen atoms in total. The molecule has 0 N–H and O–H groups in total. The van der Waals surface area contributed by atoms with Crippen molar-refractivity contribution >= 4 is 11.5 Å². The van der Waals surface area contributed by atoms with Gasteiger partial charge in [0.05, 0.1) is 0 Å². The van der Waals surface area contributed by atoms with Crippen LogP contribution >= 0.6 is 0 Å². The van der Waals surface area contributed by atoms with Crippen molar-refractivity contribution in [3.8, 4) is 0 Å². The number of hydrogen-bond donors (Lipinski definition) is 0. The van der Waals surface area contributed by atoms with Gasteiger partial charge < -0.3 is 18.9 Å². The van der Waals surface area contributed by atoms with Gasteiger partial charge in [-0.3, -0.25) is 0 Å². The lowest BCUT2D eigenvalue weighted by atomic mass is 10.1. The number of ether oxygens (including phenoxy) is 4. The van der Waals surface area contributed by atoms with Crippen LogP contribution in [0.15, 0.2) is 96.5 Å². The lowest BCUT2D eigenvalue weighted by Gasteiger charge is -2.34. The summed E-state index contributed by atoms with van der Waals surface area (Å²) in [5.41, 5.74) is 2.04. The van der Waals surface area contributed by atoms with Gasteiger partial charge in [0.25, 0.3) is 0 Å². The van der Waals surface area contributed by atoms with Gasteiger partial charge in [-0.1, -0.05) is 60.7 Å². The Balaban J connectivity index is 1.57. The van der Waals surface area contributed by atoms with Crippen LogP contribution in [0.2, 0.25) is 0 Å². The van der Waals surface area contributed by atoms with Crippen molar-refractivity contribution in [2.75, 3.05) is 0 Å². The van der Waals surface area contributed by atoms with E-state index in [0.29, 0.717) is 6.42 Å². The molecule has 0 amide bonds. The van der Waals surface area contributed by atoms with E-state index in [1.54, 1.807) is 0 Å². The van der Waals surface area contributed by atoms with Gasteiger partial charge in [-0.05, 0) is 18.6 Å². The van der Waals surface area contributed by atoms with Crippen molar-refractivity contribution in [3.63, 3.8) is 0 Å². The van der Waals surface area contributed by atoms with Gasteiger partial charge in [-0.25, -0.2) is 0 Å².